The number of amides is 1. The zero-order valence-corrected chi connectivity index (χ0v) is 13.5. The molecule has 0 aliphatic heterocycles. The minimum Gasteiger partial charge on any atom is -0.383 e. The van der Waals surface area contributed by atoms with Crippen molar-refractivity contribution in [3.63, 3.8) is 0 Å². The van der Waals surface area contributed by atoms with Gasteiger partial charge in [0.15, 0.2) is 5.96 Å². The molecule has 0 atom stereocenters. The molecule has 0 bridgehead atoms. The first-order valence-corrected chi connectivity index (χ1v) is 7.65. The molecular weight excluding hydrogens is 290 g/mol. The van der Waals surface area contributed by atoms with E-state index >= 15 is 0 Å². The summed E-state index contributed by atoms with van der Waals surface area (Å²) in [6.45, 7) is 3.90. The molecule has 0 aromatic carbocycles. The second-order valence-corrected chi connectivity index (χ2v) is 5.37. The molecule has 0 aliphatic carbocycles. The second-order valence-electron chi connectivity index (χ2n) is 4.30. The van der Waals surface area contributed by atoms with Gasteiger partial charge in [-0.1, -0.05) is 0 Å². The molecule has 1 rings (SSSR count). The highest BCUT2D eigenvalue weighted by atomic mass is 32.1. The van der Waals surface area contributed by atoms with Crippen LogP contribution in [0.4, 0.5) is 0 Å². The normalized spacial score (nSPS) is 11.3. The van der Waals surface area contributed by atoms with Crippen LogP contribution in [-0.4, -0.2) is 57.2 Å². The van der Waals surface area contributed by atoms with Crippen LogP contribution < -0.4 is 16.0 Å². The van der Waals surface area contributed by atoms with Crippen molar-refractivity contribution in [2.45, 2.75) is 13.3 Å². The minimum absolute atomic E-state index is 0.0925. The van der Waals surface area contributed by atoms with Gasteiger partial charge in [0.05, 0.1) is 23.9 Å². The summed E-state index contributed by atoms with van der Waals surface area (Å²) in [6.07, 6.45) is 0.824. The lowest BCUT2D eigenvalue weighted by atomic mass is 10.3. The standard InChI is InChI=1S/C13H23N5O2S/c1-10-18-11(9-21-10)4-5-16-13(14-2)17-8-12(19)15-6-7-20-3/h9H,4-8H2,1-3H3,(H,15,19)(H2,14,16,17). The monoisotopic (exact) mass is 313 g/mol. The molecule has 0 saturated heterocycles. The van der Waals surface area contributed by atoms with E-state index in [0.29, 0.717) is 25.7 Å². The molecule has 0 unspecified atom stereocenters. The van der Waals surface area contributed by atoms with Gasteiger partial charge >= 0.3 is 0 Å². The SMILES string of the molecule is CN=C(NCCc1csc(C)n1)NCC(=O)NCCOC. The van der Waals surface area contributed by atoms with Gasteiger partial charge in [0.1, 0.15) is 0 Å². The number of nitrogens with zero attached hydrogens (tertiary/aromatic N) is 2. The van der Waals surface area contributed by atoms with Crippen LogP contribution in [0.25, 0.3) is 0 Å². The molecule has 1 aromatic rings. The van der Waals surface area contributed by atoms with Gasteiger partial charge in [-0.3, -0.25) is 9.79 Å². The van der Waals surface area contributed by atoms with Gasteiger partial charge in [-0.25, -0.2) is 4.98 Å². The van der Waals surface area contributed by atoms with E-state index in [1.54, 1.807) is 25.5 Å². The number of aliphatic imine (C=N–C) groups is 1. The summed E-state index contributed by atoms with van der Waals surface area (Å²) in [7, 11) is 3.27. The molecular formula is C13H23N5O2S. The summed E-state index contributed by atoms with van der Waals surface area (Å²) in [5.74, 6) is 0.508. The highest BCUT2D eigenvalue weighted by molar-refractivity contribution is 7.09. The van der Waals surface area contributed by atoms with E-state index in [9.17, 15) is 4.79 Å². The number of ether oxygens (including phenoxy) is 1. The number of hydrogen-bond donors (Lipinski definition) is 3. The van der Waals surface area contributed by atoms with Crippen LogP contribution in [0.3, 0.4) is 0 Å². The first-order chi connectivity index (χ1) is 10.2. The summed E-state index contributed by atoms with van der Waals surface area (Å²) in [6, 6.07) is 0. The molecule has 1 heterocycles. The predicted octanol–water partition coefficient (Wildman–Crippen LogP) is -0.0784. The van der Waals surface area contributed by atoms with Crippen molar-refractivity contribution in [3.05, 3.63) is 16.1 Å². The molecule has 1 aromatic heterocycles. The van der Waals surface area contributed by atoms with Gasteiger partial charge in [0, 0.05) is 39.0 Å². The summed E-state index contributed by atoms with van der Waals surface area (Å²) in [5.41, 5.74) is 1.07. The first-order valence-electron chi connectivity index (χ1n) is 6.77. The highest BCUT2D eigenvalue weighted by Crippen LogP contribution is 2.07. The Balaban J connectivity index is 2.18. The molecule has 118 valence electrons. The quantitative estimate of drug-likeness (QED) is 0.355. The summed E-state index contributed by atoms with van der Waals surface area (Å²) in [4.78, 5) is 20.0. The van der Waals surface area contributed by atoms with Crippen LogP contribution in [-0.2, 0) is 16.0 Å². The van der Waals surface area contributed by atoms with Crippen molar-refractivity contribution >= 4 is 23.2 Å². The molecule has 21 heavy (non-hydrogen) atoms. The fourth-order valence-corrected chi connectivity index (χ4v) is 2.22. The van der Waals surface area contributed by atoms with E-state index < -0.39 is 0 Å². The Morgan fingerprint density at radius 3 is 2.81 bits per heavy atom. The summed E-state index contributed by atoms with van der Waals surface area (Å²) < 4.78 is 4.86. The number of rotatable bonds is 8. The number of thiazole rings is 1. The van der Waals surface area contributed by atoms with Crippen LogP contribution >= 0.6 is 11.3 Å². The third-order valence-corrected chi connectivity index (χ3v) is 3.43. The molecule has 8 heteroatoms. The molecule has 0 fully saturated rings. The van der Waals surface area contributed by atoms with Gasteiger partial charge in [-0.15, -0.1) is 11.3 Å². The zero-order valence-electron chi connectivity index (χ0n) is 12.7. The molecule has 0 saturated carbocycles. The van der Waals surface area contributed by atoms with Crippen LogP contribution in [0.1, 0.15) is 10.7 Å². The average Bonchev–Trinajstić information content (AvgIpc) is 2.88. The van der Waals surface area contributed by atoms with E-state index in [-0.39, 0.29) is 12.5 Å². The van der Waals surface area contributed by atoms with Gasteiger partial charge < -0.3 is 20.7 Å². The number of methoxy groups -OCH3 is 1. The van der Waals surface area contributed by atoms with Gasteiger partial charge in [0.2, 0.25) is 5.91 Å². The third kappa shape index (κ3) is 7.62. The molecule has 1 amide bonds. The lowest BCUT2D eigenvalue weighted by Crippen LogP contribution is -2.44. The van der Waals surface area contributed by atoms with E-state index in [4.69, 9.17) is 4.74 Å². The van der Waals surface area contributed by atoms with Crippen LogP contribution in [0, 0.1) is 6.92 Å². The van der Waals surface area contributed by atoms with Crippen LogP contribution in [0.2, 0.25) is 0 Å². The number of nitrogens with one attached hydrogen (secondary N) is 3. The van der Waals surface area contributed by atoms with Gasteiger partial charge in [0.25, 0.3) is 0 Å². The van der Waals surface area contributed by atoms with Crippen molar-refractivity contribution in [3.8, 4) is 0 Å². The van der Waals surface area contributed by atoms with Crippen molar-refractivity contribution in [1.29, 1.82) is 0 Å². The Labute approximate surface area is 129 Å². The lowest BCUT2D eigenvalue weighted by Gasteiger charge is -2.11. The number of hydrogen-bond acceptors (Lipinski definition) is 5. The molecule has 0 aliphatic rings. The van der Waals surface area contributed by atoms with Crippen LogP contribution in [0.15, 0.2) is 10.4 Å². The Morgan fingerprint density at radius 2 is 2.19 bits per heavy atom. The maximum absolute atomic E-state index is 11.5. The maximum atomic E-state index is 11.5. The predicted molar refractivity (Wildman–Crippen MR) is 84.8 cm³/mol. The van der Waals surface area contributed by atoms with Crippen molar-refractivity contribution in [2.75, 3.05) is 40.4 Å². The molecule has 3 N–H and O–H groups in total. The fourth-order valence-electron chi connectivity index (χ4n) is 1.57. The lowest BCUT2D eigenvalue weighted by molar-refractivity contribution is -0.120. The number of carbonyl (C=O) groups is 1. The topological polar surface area (TPSA) is 87.6 Å². The van der Waals surface area contributed by atoms with E-state index in [0.717, 1.165) is 17.1 Å². The van der Waals surface area contributed by atoms with E-state index in [1.807, 2.05) is 6.92 Å². The van der Waals surface area contributed by atoms with E-state index in [1.165, 1.54) is 0 Å². The zero-order chi connectivity index (χ0) is 15.5. The average molecular weight is 313 g/mol. The largest absolute Gasteiger partial charge is 0.383 e. The number of guanidine groups is 1. The molecule has 0 radical (unpaired) electrons. The van der Waals surface area contributed by atoms with Crippen molar-refractivity contribution in [1.82, 2.24) is 20.9 Å². The minimum atomic E-state index is -0.0925. The summed E-state index contributed by atoms with van der Waals surface area (Å²) >= 11 is 1.64. The highest BCUT2D eigenvalue weighted by Gasteiger charge is 2.03. The summed E-state index contributed by atoms with van der Waals surface area (Å²) in [5, 5.41) is 12.0. The Hall–Kier alpha value is -1.67. The molecule has 7 nitrogen and oxygen atoms in total. The fraction of sp³-hybridized carbons (Fsp3) is 0.615. The van der Waals surface area contributed by atoms with Crippen molar-refractivity contribution in [2.24, 2.45) is 4.99 Å². The van der Waals surface area contributed by atoms with Crippen LogP contribution in [0.5, 0.6) is 0 Å². The van der Waals surface area contributed by atoms with Gasteiger partial charge in [-0.2, -0.15) is 0 Å². The van der Waals surface area contributed by atoms with E-state index in [2.05, 4.69) is 31.3 Å². The Morgan fingerprint density at radius 1 is 1.38 bits per heavy atom. The van der Waals surface area contributed by atoms with Gasteiger partial charge in [-0.05, 0) is 6.92 Å². The smallest absolute Gasteiger partial charge is 0.239 e. The third-order valence-electron chi connectivity index (χ3n) is 2.61. The molecule has 0 spiro atoms. The Bertz CT molecular complexity index is 461. The number of aromatic nitrogens is 1. The first kappa shape index (κ1) is 17.4. The van der Waals surface area contributed by atoms with Crippen molar-refractivity contribution < 1.29 is 9.53 Å². The Kier molecular flexibility index (Phi) is 8.37. The number of aryl methyl sites for hydroxylation is 1. The maximum Gasteiger partial charge on any atom is 0.239 e. The second kappa shape index (κ2) is 10.1. The number of carbonyl (C=O) groups excluding carboxylic acids is 1.